The first kappa shape index (κ1) is 12.7. The number of ether oxygens (including phenoxy) is 1. The lowest BCUT2D eigenvalue weighted by molar-refractivity contribution is -0.150. The van der Waals surface area contributed by atoms with E-state index in [0.717, 1.165) is 19.3 Å². The highest BCUT2D eigenvalue weighted by Gasteiger charge is 2.29. The van der Waals surface area contributed by atoms with Crippen LogP contribution >= 0.6 is 0 Å². The fourth-order valence-electron chi connectivity index (χ4n) is 1.66. The van der Waals surface area contributed by atoms with Crippen LogP contribution in [-0.2, 0) is 14.3 Å². The van der Waals surface area contributed by atoms with E-state index in [1.807, 2.05) is 0 Å². The summed E-state index contributed by atoms with van der Waals surface area (Å²) in [5, 5.41) is 0. The van der Waals surface area contributed by atoms with Crippen LogP contribution < -0.4 is 0 Å². The van der Waals surface area contributed by atoms with Crippen molar-refractivity contribution in [2.24, 2.45) is 5.92 Å². The molecule has 0 spiro atoms. The zero-order valence-corrected chi connectivity index (χ0v) is 9.78. The van der Waals surface area contributed by atoms with Crippen molar-refractivity contribution < 1.29 is 14.3 Å². The van der Waals surface area contributed by atoms with Crippen molar-refractivity contribution in [2.45, 2.75) is 26.2 Å². The second kappa shape index (κ2) is 6.30. The van der Waals surface area contributed by atoms with Gasteiger partial charge in [-0.2, -0.15) is 0 Å². The lowest BCUT2D eigenvalue weighted by Crippen LogP contribution is -2.42. The Bertz CT molecular complexity index is 271. The third kappa shape index (κ3) is 3.36. The number of esters is 1. The average molecular weight is 225 g/mol. The van der Waals surface area contributed by atoms with Gasteiger partial charge in [0.15, 0.2) is 0 Å². The van der Waals surface area contributed by atoms with Gasteiger partial charge < -0.3 is 9.64 Å². The summed E-state index contributed by atoms with van der Waals surface area (Å²) in [5.74, 6) is -0.189. The molecule has 0 bridgehead atoms. The second-order valence-corrected chi connectivity index (χ2v) is 3.94. The number of carbonyl (C=O) groups excluding carboxylic acids is 2. The van der Waals surface area contributed by atoms with E-state index < -0.39 is 0 Å². The second-order valence-electron chi connectivity index (χ2n) is 3.94. The molecule has 4 nitrogen and oxygen atoms in total. The Labute approximate surface area is 96.3 Å². The van der Waals surface area contributed by atoms with Crippen molar-refractivity contribution in [3.63, 3.8) is 0 Å². The summed E-state index contributed by atoms with van der Waals surface area (Å²) in [6.07, 6.45) is 4.62. The van der Waals surface area contributed by atoms with Gasteiger partial charge in [-0.1, -0.05) is 12.5 Å². The predicted octanol–water partition coefficient (Wildman–Crippen LogP) is 1.36. The Morgan fingerprint density at radius 1 is 1.50 bits per heavy atom. The number of carbonyl (C=O) groups is 2. The number of hydrogen-bond donors (Lipinski definition) is 0. The molecule has 0 aromatic heterocycles. The summed E-state index contributed by atoms with van der Waals surface area (Å²) < 4.78 is 4.83. The third-order valence-electron chi connectivity index (χ3n) is 2.74. The van der Waals surface area contributed by atoms with E-state index >= 15 is 0 Å². The normalized spacial score (nSPS) is 15.1. The minimum atomic E-state index is -0.350. The molecule has 1 saturated carbocycles. The van der Waals surface area contributed by atoms with Crippen LogP contribution in [0.5, 0.6) is 0 Å². The van der Waals surface area contributed by atoms with E-state index in [1.54, 1.807) is 13.0 Å². The molecule has 0 aliphatic heterocycles. The maximum atomic E-state index is 11.9. The molecule has 0 radical (unpaired) electrons. The van der Waals surface area contributed by atoms with Gasteiger partial charge in [0, 0.05) is 12.5 Å². The molecular formula is C12H19NO3. The first-order valence-electron chi connectivity index (χ1n) is 5.74. The first-order valence-corrected chi connectivity index (χ1v) is 5.74. The SMILES string of the molecule is C=CCN(CC(=O)OCC)C(=O)C1CCC1. The molecule has 0 aromatic carbocycles. The van der Waals surface area contributed by atoms with Crippen molar-refractivity contribution in [2.75, 3.05) is 19.7 Å². The summed E-state index contributed by atoms with van der Waals surface area (Å²) in [7, 11) is 0. The van der Waals surface area contributed by atoms with E-state index in [9.17, 15) is 9.59 Å². The molecule has 4 heteroatoms. The topological polar surface area (TPSA) is 46.6 Å². The van der Waals surface area contributed by atoms with Crippen LogP contribution in [0.25, 0.3) is 0 Å². The largest absolute Gasteiger partial charge is 0.465 e. The van der Waals surface area contributed by atoms with Crippen LogP contribution in [0.2, 0.25) is 0 Å². The van der Waals surface area contributed by atoms with Gasteiger partial charge in [-0.3, -0.25) is 9.59 Å². The Morgan fingerprint density at radius 2 is 2.19 bits per heavy atom. The molecule has 1 amide bonds. The van der Waals surface area contributed by atoms with Gasteiger partial charge in [-0.15, -0.1) is 6.58 Å². The fraction of sp³-hybridized carbons (Fsp3) is 0.667. The van der Waals surface area contributed by atoms with E-state index in [2.05, 4.69) is 6.58 Å². The van der Waals surface area contributed by atoms with Crippen molar-refractivity contribution in [1.82, 2.24) is 4.90 Å². The molecule has 90 valence electrons. The molecule has 1 aliphatic carbocycles. The summed E-state index contributed by atoms with van der Waals surface area (Å²) in [4.78, 5) is 24.8. The molecular weight excluding hydrogens is 206 g/mol. The lowest BCUT2D eigenvalue weighted by Gasteiger charge is -2.30. The molecule has 1 fully saturated rings. The number of hydrogen-bond acceptors (Lipinski definition) is 3. The number of amides is 1. The molecule has 0 aromatic rings. The van der Waals surface area contributed by atoms with Gasteiger partial charge >= 0.3 is 5.97 Å². The first-order chi connectivity index (χ1) is 7.69. The highest BCUT2D eigenvalue weighted by atomic mass is 16.5. The van der Waals surface area contributed by atoms with Gasteiger partial charge in [0.05, 0.1) is 6.61 Å². The molecule has 16 heavy (non-hydrogen) atoms. The smallest absolute Gasteiger partial charge is 0.325 e. The van der Waals surface area contributed by atoms with Crippen LogP contribution in [0, 0.1) is 5.92 Å². The van der Waals surface area contributed by atoms with Crippen molar-refractivity contribution in [3.05, 3.63) is 12.7 Å². The molecule has 0 heterocycles. The Morgan fingerprint density at radius 3 is 2.62 bits per heavy atom. The maximum absolute atomic E-state index is 11.9. The summed E-state index contributed by atoms with van der Waals surface area (Å²) in [6.45, 7) is 6.14. The van der Waals surface area contributed by atoms with Crippen molar-refractivity contribution >= 4 is 11.9 Å². The van der Waals surface area contributed by atoms with Crippen LogP contribution in [0.4, 0.5) is 0 Å². The Balaban J connectivity index is 2.48. The Kier molecular flexibility index (Phi) is 5.02. The molecule has 0 unspecified atom stereocenters. The van der Waals surface area contributed by atoms with Crippen LogP contribution in [-0.4, -0.2) is 36.5 Å². The lowest BCUT2D eigenvalue weighted by atomic mass is 9.84. The highest BCUT2D eigenvalue weighted by Crippen LogP contribution is 2.28. The summed E-state index contributed by atoms with van der Waals surface area (Å²) >= 11 is 0. The summed E-state index contributed by atoms with van der Waals surface area (Å²) in [5.41, 5.74) is 0. The van der Waals surface area contributed by atoms with E-state index in [4.69, 9.17) is 4.74 Å². The van der Waals surface area contributed by atoms with Gasteiger partial charge in [0.1, 0.15) is 6.54 Å². The predicted molar refractivity (Wildman–Crippen MR) is 60.8 cm³/mol. The molecule has 0 saturated heterocycles. The average Bonchev–Trinajstić information content (AvgIpc) is 2.14. The standard InChI is InChI=1S/C12H19NO3/c1-3-8-13(9-11(14)16-4-2)12(15)10-6-5-7-10/h3,10H,1,4-9H2,2H3. The van der Waals surface area contributed by atoms with Crippen molar-refractivity contribution in [3.8, 4) is 0 Å². The molecule has 0 atom stereocenters. The van der Waals surface area contributed by atoms with Gasteiger partial charge in [-0.05, 0) is 19.8 Å². The van der Waals surface area contributed by atoms with E-state index in [1.165, 1.54) is 4.90 Å². The van der Waals surface area contributed by atoms with Gasteiger partial charge in [-0.25, -0.2) is 0 Å². The maximum Gasteiger partial charge on any atom is 0.325 e. The molecule has 0 N–H and O–H groups in total. The van der Waals surface area contributed by atoms with Gasteiger partial charge in [0.2, 0.25) is 5.91 Å². The van der Waals surface area contributed by atoms with Crippen LogP contribution in [0.15, 0.2) is 12.7 Å². The number of rotatable bonds is 6. The molecule has 1 aliphatic rings. The molecule has 1 rings (SSSR count). The zero-order chi connectivity index (χ0) is 12.0. The minimum Gasteiger partial charge on any atom is -0.465 e. The van der Waals surface area contributed by atoms with Gasteiger partial charge in [0.25, 0.3) is 0 Å². The van der Waals surface area contributed by atoms with Crippen LogP contribution in [0.1, 0.15) is 26.2 Å². The highest BCUT2D eigenvalue weighted by molar-refractivity contribution is 5.84. The third-order valence-corrected chi connectivity index (χ3v) is 2.74. The van der Waals surface area contributed by atoms with E-state index in [0.29, 0.717) is 13.2 Å². The quantitative estimate of drug-likeness (QED) is 0.506. The fourth-order valence-corrected chi connectivity index (χ4v) is 1.66. The van der Waals surface area contributed by atoms with Crippen molar-refractivity contribution in [1.29, 1.82) is 0 Å². The Hall–Kier alpha value is -1.32. The van der Waals surface area contributed by atoms with Crippen LogP contribution in [0.3, 0.4) is 0 Å². The number of nitrogens with zero attached hydrogens (tertiary/aromatic N) is 1. The summed E-state index contributed by atoms with van der Waals surface area (Å²) in [6, 6.07) is 0. The zero-order valence-electron chi connectivity index (χ0n) is 9.78. The monoisotopic (exact) mass is 225 g/mol. The minimum absolute atomic E-state index is 0.0369. The van der Waals surface area contributed by atoms with E-state index in [-0.39, 0.29) is 24.3 Å².